The second-order valence-electron chi connectivity index (χ2n) is 8.16. The Bertz CT molecular complexity index is 1640. The van der Waals surface area contributed by atoms with E-state index in [-0.39, 0.29) is 6.42 Å². The van der Waals surface area contributed by atoms with Crippen molar-refractivity contribution in [3.05, 3.63) is 94.1 Å². The number of nitrogens with one attached hydrogen (secondary N) is 1. The fourth-order valence-electron chi connectivity index (χ4n) is 4.01. The van der Waals surface area contributed by atoms with Gasteiger partial charge < -0.3 is 15.2 Å². The van der Waals surface area contributed by atoms with Crippen LogP contribution >= 0.6 is 11.6 Å². The van der Waals surface area contributed by atoms with Gasteiger partial charge in [0.2, 0.25) is 0 Å². The van der Waals surface area contributed by atoms with Gasteiger partial charge in [-0.3, -0.25) is 9.78 Å². The van der Waals surface area contributed by atoms with E-state index in [0.29, 0.717) is 50.3 Å². The van der Waals surface area contributed by atoms with Crippen LogP contribution in [-0.2, 0) is 11.2 Å². The van der Waals surface area contributed by atoms with Crippen molar-refractivity contribution in [1.29, 1.82) is 5.26 Å². The van der Waals surface area contributed by atoms with Crippen molar-refractivity contribution in [3.63, 3.8) is 0 Å². The highest BCUT2D eigenvalue weighted by Gasteiger charge is 2.28. The zero-order valence-corrected chi connectivity index (χ0v) is 20.3. The molecule has 12 heteroatoms. The molecule has 39 heavy (non-hydrogen) atoms. The van der Waals surface area contributed by atoms with Crippen molar-refractivity contribution in [2.75, 3.05) is 0 Å². The average Bonchev–Trinajstić information content (AvgIpc) is 2.90. The molecule has 0 aliphatic rings. The van der Waals surface area contributed by atoms with E-state index in [1.807, 2.05) is 11.4 Å². The zero-order chi connectivity index (χ0) is 28.3. The summed E-state index contributed by atoms with van der Waals surface area (Å²) in [5.41, 5.74) is 1.14. The Hall–Kier alpha value is -4.69. The maximum Gasteiger partial charge on any atom is 0.387 e. The summed E-state index contributed by atoms with van der Waals surface area (Å²) in [6.45, 7) is -3.43. The molecule has 4 aromatic rings. The highest BCUT2D eigenvalue weighted by Crippen LogP contribution is 2.35. The molecule has 0 aliphatic carbocycles. The summed E-state index contributed by atoms with van der Waals surface area (Å²) in [5, 5.41) is 21.7. The van der Waals surface area contributed by atoms with Gasteiger partial charge in [-0.1, -0.05) is 35.9 Å². The summed E-state index contributed by atoms with van der Waals surface area (Å²) >= 11 is 6.37. The number of aliphatic carboxylic acids is 1. The number of fused-ring (bicyclic) bond motifs is 1. The zero-order valence-electron chi connectivity index (χ0n) is 19.6. The quantitative estimate of drug-likeness (QED) is 0.268. The van der Waals surface area contributed by atoms with Crippen molar-refractivity contribution in [2.24, 2.45) is 0 Å². The molecule has 0 bridgehead atoms. The molecule has 0 saturated heterocycles. The van der Waals surface area contributed by atoms with Gasteiger partial charge in [0, 0.05) is 34.2 Å². The molecule has 198 valence electrons. The first-order valence-corrected chi connectivity index (χ1v) is 11.5. The minimum atomic E-state index is -3.43. The molecule has 4 rings (SSSR count). The van der Waals surface area contributed by atoms with Gasteiger partial charge in [-0.05, 0) is 35.9 Å². The van der Waals surface area contributed by atoms with Crippen LogP contribution in [0.1, 0.15) is 21.5 Å². The van der Waals surface area contributed by atoms with Gasteiger partial charge in [-0.15, -0.1) is 0 Å². The number of pyridine rings is 1. The van der Waals surface area contributed by atoms with Gasteiger partial charge in [-0.25, -0.2) is 13.6 Å². The Labute approximate surface area is 223 Å². The number of carbonyl (C=O) groups excluding carboxylic acids is 1. The van der Waals surface area contributed by atoms with Crippen LogP contribution in [0.4, 0.5) is 17.6 Å². The predicted octanol–water partition coefficient (Wildman–Crippen LogP) is 5.73. The summed E-state index contributed by atoms with van der Waals surface area (Å²) < 4.78 is 57.8. The molecule has 0 aliphatic heterocycles. The Morgan fingerprint density at radius 3 is 2.51 bits per heavy atom. The Morgan fingerprint density at radius 2 is 1.85 bits per heavy atom. The molecule has 1 amide bonds. The van der Waals surface area contributed by atoms with Crippen molar-refractivity contribution in [3.8, 4) is 22.9 Å². The van der Waals surface area contributed by atoms with Crippen LogP contribution in [-0.4, -0.2) is 34.6 Å². The first-order chi connectivity index (χ1) is 18.6. The number of nitrogens with zero attached hydrogens (tertiary/aromatic N) is 2. The molecule has 1 heterocycles. The van der Waals surface area contributed by atoms with Gasteiger partial charge in [0.15, 0.2) is 11.6 Å². The van der Waals surface area contributed by atoms with Crippen LogP contribution in [0.5, 0.6) is 5.75 Å². The number of hydrogen-bond acceptors (Lipinski definition) is 5. The van der Waals surface area contributed by atoms with Crippen LogP contribution < -0.4 is 10.1 Å². The molecule has 0 radical (unpaired) electrons. The number of benzene rings is 3. The van der Waals surface area contributed by atoms with Crippen molar-refractivity contribution in [1.82, 2.24) is 10.3 Å². The smallest absolute Gasteiger partial charge is 0.387 e. The van der Waals surface area contributed by atoms with Crippen molar-refractivity contribution < 1.29 is 37.0 Å². The number of carbonyl (C=O) groups is 2. The van der Waals surface area contributed by atoms with Gasteiger partial charge in [0.1, 0.15) is 17.4 Å². The van der Waals surface area contributed by atoms with Crippen LogP contribution in [0.25, 0.3) is 22.0 Å². The summed E-state index contributed by atoms with van der Waals surface area (Å²) in [5.74, 6) is -7.15. The number of halogens is 5. The third-order valence-electron chi connectivity index (χ3n) is 5.77. The highest BCUT2D eigenvalue weighted by molar-refractivity contribution is 6.33. The van der Waals surface area contributed by atoms with Crippen molar-refractivity contribution in [2.45, 2.75) is 19.1 Å². The van der Waals surface area contributed by atoms with E-state index >= 15 is 0 Å². The Kier molecular flexibility index (Phi) is 7.97. The average molecular weight is 558 g/mol. The standard InChI is InChI=1S/C27H16ClF4N3O4/c28-18-10-13(12-33)3-5-16(18)17-6-4-14(15-2-1-9-34-24(15)17)11-20(26(37)38)35-25(36)22-19(29)7-8-21(23(22)30)39-27(31)32/h1-10,20,27H,11H2,(H,35,36)(H,37,38)/t20-/m0/s1. The molecule has 0 spiro atoms. The van der Waals surface area contributed by atoms with E-state index in [2.05, 4.69) is 9.72 Å². The SMILES string of the molecule is N#Cc1ccc(-c2ccc(C[C@H](NC(=O)c3c(F)ccc(OC(F)F)c3F)C(=O)O)c3cccnc23)c(Cl)c1. The molecule has 2 N–H and O–H groups in total. The van der Waals surface area contributed by atoms with Crippen molar-refractivity contribution >= 4 is 34.4 Å². The largest absolute Gasteiger partial charge is 0.480 e. The first kappa shape index (κ1) is 27.3. The maximum absolute atomic E-state index is 14.6. The lowest BCUT2D eigenvalue weighted by Crippen LogP contribution is -2.43. The Morgan fingerprint density at radius 1 is 1.10 bits per heavy atom. The lowest BCUT2D eigenvalue weighted by atomic mass is 9.94. The summed E-state index contributed by atoms with van der Waals surface area (Å²) in [6, 6.07) is 12.7. The minimum Gasteiger partial charge on any atom is -0.480 e. The third-order valence-corrected chi connectivity index (χ3v) is 6.09. The summed E-state index contributed by atoms with van der Waals surface area (Å²) in [4.78, 5) is 29.1. The number of amides is 1. The van der Waals surface area contributed by atoms with E-state index in [1.165, 1.54) is 12.3 Å². The molecule has 1 aromatic heterocycles. The topological polar surface area (TPSA) is 112 Å². The molecule has 7 nitrogen and oxygen atoms in total. The fourth-order valence-corrected chi connectivity index (χ4v) is 4.29. The second kappa shape index (κ2) is 11.4. The number of alkyl halides is 2. The fraction of sp³-hybridized carbons (Fsp3) is 0.111. The van der Waals surface area contributed by atoms with E-state index in [0.717, 1.165) is 0 Å². The second-order valence-corrected chi connectivity index (χ2v) is 8.57. The number of carboxylic acid groups (broad SMARTS) is 1. The molecular weight excluding hydrogens is 542 g/mol. The number of rotatable bonds is 8. The summed E-state index contributed by atoms with van der Waals surface area (Å²) in [6.07, 6.45) is 1.20. The number of aromatic nitrogens is 1. The van der Waals surface area contributed by atoms with E-state index in [1.54, 1.807) is 36.4 Å². The maximum atomic E-state index is 14.6. The van der Waals surface area contributed by atoms with Gasteiger partial charge in [0.25, 0.3) is 5.91 Å². The molecule has 1 atom stereocenters. The third kappa shape index (κ3) is 5.76. The number of ether oxygens (including phenoxy) is 1. The molecule has 3 aromatic carbocycles. The first-order valence-electron chi connectivity index (χ1n) is 11.1. The molecule has 0 unspecified atom stereocenters. The lowest BCUT2D eigenvalue weighted by molar-refractivity contribution is -0.139. The lowest BCUT2D eigenvalue weighted by Gasteiger charge is -2.18. The van der Waals surface area contributed by atoms with Crippen LogP contribution in [0, 0.1) is 23.0 Å². The van der Waals surface area contributed by atoms with E-state index in [9.17, 15) is 32.3 Å². The molecule has 0 fully saturated rings. The van der Waals surface area contributed by atoms with Gasteiger partial charge in [0.05, 0.1) is 17.1 Å². The number of carboxylic acids is 1. The number of hydrogen-bond donors (Lipinski definition) is 2. The Balaban J connectivity index is 1.68. The molecular formula is C27H16ClF4N3O4. The van der Waals surface area contributed by atoms with Crippen LogP contribution in [0.2, 0.25) is 5.02 Å². The highest BCUT2D eigenvalue weighted by atomic mass is 35.5. The van der Waals surface area contributed by atoms with Crippen LogP contribution in [0.3, 0.4) is 0 Å². The van der Waals surface area contributed by atoms with Gasteiger partial charge in [-0.2, -0.15) is 14.0 Å². The minimum absolute atomic E-state index is 0.298. The van der Waals surface area contributed by atoms with E-state index in [4.69, 9.17) is 16.9 Å². The van der Waals surface area contributed by atoms with E-state index < -0.39 is 47.5 Å². The van der Waals surface area contributed by atoms with Gasteiger partial charge >= 0.3 is 12.6 Å². The predicted molar refractivity (Wildman–Crippen MR) is 132 cm³/mol. The number of nitriles is 1. The normalized spacial score (nSPS) is 11.7. The molecule has 0 saturated carbocycles. The summed E-state index contributed by atoms with van der Waals surface area (Å²) in [7, 11) is 0. The van der Waals surface area contributed by atoms with Crippen LogP contribution in [0.15, 0.2) is 60.8 Å². The monoisotopic (exact) mass is 557 g/mol.